The third kappa shape index (κ3) is 0.586. The van der Waals surface area contributed by atoms with Crippen molar-refractivity contribution in [2.45, 2.75) is 6.92 Å². The predicted octanol–water partition coefficient (Wildman–Crippen LogP) is 0.926. The van der Waals surface area contributed by atoms with Crippen LogP contribution in [-0.2, 0) is 0 Å². The lowest BCUT2D eigenvalue weighted by Gasteiger charge is -1.86. The van der Waals surface area contributed by atoms with E-state index < -0.39 is 0 Å². The van der Waals surface area contributed by atoms with Crippen molar-refractivity contribution in [1.29, 1.82) is 0 Å². The lowest BCUT2D eigenvalue weighted by Crippen LogP contribution is -1.77. The molecule has 4 heteroatoms. The number of fused-ring (bicyclic) bond motifs is 1. The summed E-state index contributed by atoms with van der Waals surface area (Å²) in [6.07, 6.45) is 1.67. The molecule has 0 unspecified atom stereocenters. The normalized spacial score (nSPS) is 10.5. The molecular weight excluding hydrogens is 130 g/mol. The molecular formula is C6H5N3O. The van der Waals surface area contributed by atoms with E-state index in [2.05, 4.69) is 15.4 Å². The third-order valence-electron chi connectivity index (χ3n) is 1.36. The highest BCUT2D eigenvalue weighted by atomic mass is 16.5. The monoisotopic (exact) mass is 135 g/mol. The van der Waals surface area contributed by atoms with Gasteiger partial charge in [0.05, 0.1) is 0 Å². The first kappa shape index (κ1) is 5.34. The fourth-order valence-corrected chi connectivity index (χ4v) is 0.814. The second kappa shape index (κ2) is 1.76. The summed E-state index contributed by atoms with van der Waals surface area (Å²) in [7, 11) is 0. The summed E-state index contributed by atoms with van der Waals surface area (Å²) in [4.78, 5) is 3.91. The molecule has 50 valence electrons. The van der Waals surface area contributed by atoms with Gasteiger partial charge in [0.15, 0.2) is 5.52 Å². The highest BCUT2D eigenvalue weighted by Crippen LogP contribution is 2.10. The van der Waals surface area contributed by atoms with Crippen molar-refractivity contribution < 1.29 is 4.52 Å². The van der Waals surface area contributed by atoms with Gasteiger partial charge in [0.1, 0.15) is 0 Å². The van der Waals surface area contributed by atoms with E-state index in [1.807, 2.05) is 13.0 Å². The van der Waals surface area contributed by atoms with Crippen LogP contribution < -0.4 is 0 Å². The molecule has 0 saturated heterocycles. The van der Waals surface area contributed by atoms with Crippen LogP contribution in [0, 0.1) is 6.92 Å². The van der Waals surface area contributed by atoms with E-state index in [9.17, 15) is 0 Å². The Kier molecular flexibility index (Phi) is 0.943. The zero-order valence-electron chi connectivity index (χ0n) is 5.40. The highest BCUT2D eigenvalue weighted by Gasteiger charge is 2.01. The lowest BCUT2D eigenvalue weighted by molar-refractivity contribution is 0.417. The maximum Gasteiger partial charge on any atom is 0.278 e. The van der Waals surface area contributed by atoms with Crippen LogP contribution in [0.1, 0.15) is 5.56 Å². The molecule has 4 nitrogen and oxygen atoms in total. The van der Waals surface area contributed by atoms with E-state index >= 15 is 0 Å². The fourth-order valence-electron chi connectivity index (χ4n) is 0.814. The molecule has 0 spiro atoms. The molecule has 0 aromatic carbocycles. The molecule has 10 heavy (non-hydrogen) atoms. The Morgan fingerprint density at radius 1 is 1.50 bits per heavy atom. The van der Waals surface area contributed by atoms with Crippen LogP contribution in [0.25, 0.3) is 11.2 Å². The number of nitrogens with zero attached hydrogens (tertiary/aromatic N) is 3. The van der Waals surface area contributed by atoms with Crippen LogP contribution in [0.4, 0.5) is 0 Å². The number of hydrogen-bond donors (Lipinski definition) is 0. The van der Waals surface area contributed by atoms with Gasteiger partial charge in [-0.2, -0.15) is 0 Å². The number of rotatable bonds is 0. The molecule has 2 rings (SSSR count). The molecule has 2 heterocycles. The summed E-state index contributed by atoms with van der Waals surface area (Å²) in [5.74, 6) is 0. The summed E-state index contributed by atoms with van der Waals surface area (Å²) in [5, 5.41) is 7.11. The summed E-state index contributed by atoms with van der Waals surface area (Å²) >= 11 is 0. The third-order valence-corrected chi connectivity index (χ3v) is 1.36. The van der Waals surface area contributed by atoms with E-state index in [4.69, 9.17) is 4.52 Å². The second-order valence-corrected chi connectivity index (χ2v) is 2.05. The minimum atomic E-state index is 0.500. The predicted molar refractivity (Wildman–Crippen MR) is 34.3 cm³/mol. The van der Waals surface area contributed by atoms with Crippen molar-refractivity contribution in [3.63, 3.8) is 0 Å². The minimum absolute atomic E-state index is 0.500. The number of hydrogen-bond acceptors (Lipinski definition) is 4. The average molecular weight is 135 g/mol. The number of aryl methyl sites for hydroxylation is 1. The molecule has 2 aromatic rings. The van der Waals surface area contributed by atoms with Crippen LogP contribution in [0.5, 0.6) is 0 Å². The summed E-state index contributed by atoms with van der Waals surface area (Å²) in [6, 6.07) is 1.87. The van der Waals surface area contributed by atoms with E-state index in [0.29, 0.717) is 5.71 Å². The maximum absolute atomic E-state index is 4.73. The topological polar surface area (TPSA) is 51.8 Å². The molecule has 0 amide bonds. The Labute approximate surface area is 56.9 Å². The van der Waals surface area contributed by atoms with Crippen LogP contribution in [0.15, 0.2) is 16.8 Å². The molecule has 0 bridgehead atoms. The Morgan fingerprint density at radius 3 is 3.20 bits per heavy atom. The molecule has 0 aliphatic rings. The van der Waals surface area contributed by atoms with Gasteiger partial charge >= 0.3 is 0 Å². The first-order valence-electron chi connectivity index (χ1n) is 2.91. The van der Waals surface area contributed by atoms with Gasteiger partial charge in [0.25, 0.3) is 5.71 Å². The van der Waals surface area contributed by atoms with Crippen molar-refractivity contribution in [2.75, 3.05) is 0 Å². The Morgan fingerprint density at radius 2 is 2.40 bits per heavy atom. The van der Waals surface area contributed by atoms with Gasteiger partial charge in [0, 0.05) is 11.5 Å². The average Bonchev–Trinajstić information content (AvgIpc) is 2.36. The van der Waals surface area contributed by atoms with E-state index in [0.717, 1.165) is 11.1 Å². The first-order chi connectivity index (χ1) is 4.88. The number of aromatic nitrogens is 3. The van der Waals surface area contributed by atoms with Crippen LogP contribution in [-0.4, -0.2) is 15.4 Å². The van der Waals surface area contributed by atoms with Gasteiger partial charge in [-0.3, -0.25) is 0 Å². The van der Waals surface area contributed by atoms with Crippen LogP contribution >= 0.6 is 0 Å². The molecule has 0 fully saturated rings. The maximum atomic E-state index is 4.73. The van der Waals surface area contributed by atoms with Crippen molar-refractivity contribution in [3.8, 4) is 0 Å². The highest BCUT2D eigenvalue weighted by molar-refractivity contribution is 5.70. The van der Waals surface area contributed by atoms with Gasteiger partial charge in [0.2, 0.25) is 0 Å². The van der Waals surface area contributed by atoms with Crippen LogP contribution in [0.2, 0.25) is 0 Å². The largest absolute Gasteiger partial charge is 0.316 e. The smallest absolute Gasteiger partial charge is 0.278 e. The van der Waals surface area contributed by atoms with Crippen molar-refractivity contribution in [3.05, 3.63) is 17.8 Å². The van der Waals surface area contributed by atoms with Gasteiger partial charge < -0.3 is 4.52 Å². The summed E-state index contributed by atoms with van der Waals surface area (Å²) in [6.45, 7) is 1.94. The number of pyridine rings is 1. The fraction of sp³-hybridized carbons (Fsp3) is 0.167. The Bertz CT molecular complexity index is 355. The summed E-state index contributed by atoms with van der Waals surface area (Å²) in [5.41, 5.74) is 2.27. The first-order valence-corrected chi connectivity index (χ1v) is 2.91. The lowest BCUT2D eigenvalue weighted by atomic mass is 10.3. The quantitative estimate of drug-likeness (QED) is 0.539. The summed E-state index contributed by atoms with van der Waals surface area (Å²) < 4.78 is 4.73. The Balaban J connectivity index is 2.95. The molecule has 2 aromatic heterocycles. The molecule has 0 atom stereocenters. The van der Waals surface area contributed by atoms with Crippen molar-refractivity contribution >= 4 is 11.2 Å². The SMILES string of the molecule is Cc1ccnc2onnc12. The second-order valence-electron chi connectivity index (χ2n) is 2.05. The van der Waals surface area contributed by atoms with Crippen molar-refractivity contribution in [1.82, 2.24) is 15.4 Å². The molecule has 0 N–H and O–H groups in total. The van der Waals surface area contributed by atoms with Gasteiger partial charge in [-0.1, -0.05) is 0 Å². The molecule has 0 radical (unpaired) electrons. The molecule has 0 aliphatic heterocycles. The van der Waals surface area contributed by atoms with E-state index in [1.54, 1.807) is 6.20 Å². The zero-order valence-corrected chi connectivity index (χ0v) is 5.40. The van der Waals surface area contributed by atoms with Gasteiger partial charge in [-0.15, -0.1) is 5.10 Å². The van der Waals surface area contributed by atoms with E-state index in [-0.39, 0.29) is 0 Å². The Hall–Kier alpha value is -1.45. The van der Waals surface area contributed by atoms with E-state index in [1.165, 1.54) is 0 Å². The molecule has 0 aliphatic carbocycles. The van der Waals surface area contributed by atoms with Gasteiger partial charge in [-0.05, 0) is 18.6 Å². The minimum Gasteiger partial charge on any atom is -0.316 e. The van der Waals surface area contributed by atoms with Gasteiger partial charge in [-0.25, -0.2) is 4.98 Å². The van der Waals surface area contributed by atoms with Crippen LogP contribution in [0.3, 0.4) is 0 Å². The zero-order chi connectivity index (χ0) is 6.97. The van der Waals surface area contributed by atoms with Crippen molar-refractivity contribution in [2.24, 2.45) is 0 Å². The standard InChI is InChI=1S/C6H5N3O/c1-4-2-3-7-6-5(4)8-9-10-6/h2-3H,1H3. The molecule has 0 saturated carbocycles.